The van der Waals surface area contributed by atoms with E-state index in [0.29, 0.717) is 12.1 Å². The van der Waals surface area contributed by atoms with E-state index in [1.165, 1.54) is 6.92 Å². The maximum Gasteiger partial charge on any atom is 0.307 e. The molecule has 0 bridgehead atoms. The molecule has 1 amide bonds. The molecule has 1 aromatic carbocycles. The van der Waals surface area contributed by atoms with Crippen molar-refractivity contribution in [1.29, 1.82) is 0 Å². The Morgan fingerprint density at radius 1 is 1.18 bits per heavy atom. The molecule has 5 nitrogen and oxygen atoms in total. The third-order valence-electron chi connectivity index (χ3n) is 3.00. The maximum absolute atomic E-state index is 12.0. The number of carbonyl (C=O) groups is 3. The first-order valence-electron chi connectivity index (χ1n) is 7.12. The summed E-state index contributed by atoms with van der Waals surface area (Å²) < 4.78 is 4.98. The second kappa shape index (κ2) is 9.25. The molecule has 22 heavy (non-hydrogen) atoms. The van der Waals surface area contributed by atoms with Crippen molar-refractivity contribution in [2.75, 3.05) is 12.8 Å². The number of rotatable bonds is 8. The molecule has 0 aliphatic rings. The van der Waals surface area contributed by atoms with Crippen LogP contribution in [0.2, 0.25) is 0 Å². The Morgan fingerprint density at radius 2 is 1.82 bits per heavy atom. The van der Waals surface area contributed by atoms with Crippen molar-refractivity contribution in [1.82, 2.24) is 5.32 Å². The van der Waals surface area contributed by atoms with Gasteiger partial charge in [-0.05, 0) is 32.2 Å². The van der Waals surface area contributed by atoms with E-state index in [0.717, 1.165) is 4.90 Å². The molecule has 0 unspecified atom stereocenters. The lowest BCUT2D eigenvalue weighted by Gasteiger charge is -2.12. The predicted octanol–water partition coefficient (Wildman–Crippen LogP) is 2.44. The smallest absolute Gasteiger partial charge is 0.307 e. The molecule has 0 spiro atoms. The van der Waals surface area contributed by atoms with Gasteiger partial charge in [0.05, 0.1) is 6.42 Å². The van der Waals surface area contributed by atoms with Crippen molar-refractivity contribution in [3.8, 4) is 0 Å². The number of Topliss-reactive ketones (excluding diaryl/α,β-unsaturated/α-hetero) is 1. The highest BCUT2D eigenvalue weighted by Crippen LogP contribution is 2.16. The Labute approximate surface area is 134 Å². The highest BCUT2D eigenvalue weighted by atomic mass is 32.2. The van der Waals surface area contributed by atoms with Gasteiger partial charge in [0.25, 0.3) is 5.91 Å². The van der Waals surface area contributed by atoms with Gasteiger partial charge in [-0.2, -0.15) is 0 Å². The topological polar surface area (TPSA) is 72.5 Å². The molecule has 0 aliphatic heterocycles. The highest BCUT2D eigenvalue weighted by molar-refractivity contribution is 7.98. The number of thioether (sulfide) groups is 1. The van der Waals surface area contributed by atoms with Crippen LogP contribution >= 0.6 is 11.8 Å². The number of hydrogen-bond acceptors (Lipinski definition) is 5. The molecule has 0 fully saturated rings. The van der Waals surface area contributed by atoms with Crippen LogP contribution in [0.25, 0.3) is 0 Å². The summed E-state index contributed by atoms with van der Waals surface area (Å²) in [4.78, 5) is 36.1. The molecule has 120 valence electrons. The number of nitrogens with one attached hydrogen (secondary N) is 1. The fourth-order valence-electron chi connectivity index (χ4n) is 1.76. The largest absolute Gasteiger partial charge is 0.453 e. The zero-order valence-electron chi connectivity index (χ0n) is 13.0. The van der Waals surface area contributed by atoms with E-state index < -0.39 is 12.1 Å². The van der Waals surface area contributed by atoms with Crippen molar-refractivity contribution in [2.24, 2.45) is 0 Å². The first kappa shape index (κ1) is 18.2. The molecule has 0 saturated carbocycles. The minimum absolute atomic E-state index is 0.0349. The zero-order chi connectivity index (χ0) is 16.5. The van der Waals surface area contributed by atoms with Crippen LogP contribution in [0.1, 0.15) is 37.0 Å². The van der Waals surface area contributed by atoms with Gasteiger partial charge in [0.1, 0.15) is 0 Å². The van der Waals surface area contributed by atoms with Crippen molar-refractivity contribution >= 4 is 29.4 Å². The van der Waals surface area contributed by atoms with Gasteiger partial charge >= 0.3 is 5.97 Å². The summed E-state index contributed by atoms with van der Waals surface area (Å²) in [7, 11) is 0. The lowest BCUT2D eigenvalue weighted by molar-refractivity contribution is -0.154. The summed E-state index contributed by atoms with van der Waals surface area (Å²) in [6.45, 7) is 3.77. The third-order valence-corrected chi connectivity index (χ3v) is 3.74. The molecule has 0 aromatic heterocycles. The van der Waals surface area contributed by atoms with Crippen LogP contribution in [0.4, 0.5) is 0 Å². The number of ketones is 1. The van der Waals surface area contributed by atoms with Gasteiger partial charge in [-0.1, -0.05) is 12.1 Å². The lowest BCUT2D eigenvalue weighted by atomic mass is 10.1. The molecule has 1 aromatic rings. The first-order valence-corrected chi connectivity index (χ1v) is 8.34. The summed E-state index contributed by atoms with van der Waals surface area (Å²) in [5.74, 6) is -1.00. The Bertz CT molecular complexity index is 527. The minimum Gasteiger partial charge on any atom is -0.453 e. The monoisotopic (exact) mass is 323 g/mol. The number of ether oxygens (including phenoxy) is 1. The summed E-state index contributed by atoms with van der Waals surface area (Å²) >= 11 is 1.60. The second-order valence-corrected chi connectivity index (χ2v) is 5.56. The summed E-state index contributed by atoms with van der Waals surface area (Å²) in [6.07, 6.45) is 1.15. The fraction of sp³-hybridized carbons (Fsp3) is 0.438. The third kappa shape index (κ3) is 5.89. The van der Waals surface area contributed by atoms with Crippen LogP contribution in [0.15, 0.2) is 29.2 Å². The Kier molecular flexibility index (Phi) is 7.66. The van der Waals surface area contributed by atoms with Crippen LogP contribution < -0.4 is 5.32 Å². The predicted molar refractivity (Wildman–Crippen MR) is 86.0 cm³/mol. The van der Waals surface area contributed by atoms with Crippen molar-refractivity contribution in [3.05, 3.63) is 29.8 Å². The molecule has 6 heteroatoms. The molecule has 1 atom stereocenters. The van der Waals surface area contributed by atoms with Gasteiger partial charge in [0, 0.05) is 23.4 Å². The Hall–Kier alpha value is -1.82. The van der Waals surface area contributed by atoms with E-state index in [-0.39, 0.29) is 24.5 Å². The fourth-order valence-corrected chi connectivity index (χ4v) is 2.17. The Morgan fingerprint density at radius 3 is 2.36 bits per heavy atom. The van der Waals surface area contributed by atoms with Gasteiger partial charge in [-0.15, -0.1) is 11.8 Å². The summed E-state index contributed by atoms with van der Waals surface area (Å²) in [5.41, 5.74) is 0.572. The van der Waals surface area contributed by atoms with E-state index in [9.17, 15) is 14.4 Å². The maximum atomic E-state index is 12.0. The normalized spacial score (nSPS) is 11.6. The number of hydrogen-bond donors (Lipinski definition) is 1. The van der Waals surface area contributed by atoms with Gasteiger partial charge in [-0.25, -0.2) is 0 Å². The standard InChI is InChI=1S/C16H21NO4S/c1-4-17-16(20)11(2)21-15(19)10-9-14(18)12-5-7-13(22-3)8-6-12/h5-8,11H,4,9-10H2,1-3H3,(H,17,20)/t11-/m0/s1. The van der Waals surface area contributed by atoms with Crippen LogP contribution in [-0.4, -0.2) is 36.6 Å². The van der Waals surface area contributed by atoms with Gasteiger partial charge in [-0.3, -0.25) is 14.4 Å². The molecule has 1 rings (SSSR count). The molecule has 0 saturated heterocycles. The SMILES string of the molecule is CCNC(=O)[C@H](C)OC(=O)CCC(=O)c1ccc(SC)cc1. The lowest BCUT2D eigenvalue weighted by Crippen LogP contribution is -2.35. The van der Waals surface area contributed by atoms with E-state index in [4.69, 9.17) is 4.74 Å². The number of amides is 1. The van der Waals surface area contributed by atoms with Crippen LogP contribution in [0, 0.1) is 0 Å². The summed E-state index contributed by atoms with van der Waals surface area (Å²) in [6, 6.07) is 7.23. The molecular formula is C16H21NO4S. The minimum atomic E-state index is -0.844. The zero-order valence-corrected chi connectivity index (χ0v) is 13.9. The number of benzene rings is 1. The molecular weight excluding hydrogens is 302 g/mol. The van der Waals surface area contributed by atoms with E-state index in [1.807, 2.05) is 18.4 Å². The molecule has 1 N–H and O–H groups in total. The molecule has 0 heterocycles. The van der Waals surface area contributed by atoms with E-state index in [2.05, 4.69) is 5.32 Å². The number of esters is 1. The molecule has 0 radical (unpaired) electrons. The van der Waals surface area contributed by atoms with Gasteiger partial charge in [0.15, 0.2) is 11.9 Å². The molecule has 0 aliphatic carbocycles. The van der Waals surface area contributed by atoms with Crippen molar-refractivity contribution in [2.45, 2.75) is 37.7 Å². The van der Waals surface area contributed by atoms with Crippen LogP contribution in [0.5, 0.6) is 0 Å². The quantitative estimate of drug-likeness (QED) is 0.452. The van der Waals surface area contributed by atoms with Gasteiger partial charge in [0.2, 0.25) is 0 Å². The van der Waals surface area contributed by atoms with Crippen LogP contribution in [0.3, 0.4) is 0 Å². The summed E-state index contributed by atoms with van der Waals surface area (Å²) in [5, 5.41) is 2.57. The van der Waals surface area contributed by atoms with Crippen molar-refractivity contribution in [3.63, 3.8) is 0 Å². The first-order chi connectivity index (χ1) is 10.5. The van der Waals surface area contributed by atoms with Crippen LogP contribution in [-0.2, 0) is 14.3 Å². The number of carbonyl (C=O) groups excluding carboxylic acids is 3. The van der Waals surface area contributed by atoms with Crippen molar-refractivity contribution < 1.29 is 19.1 Å². The van der Waals surface area contributed by atoms with E-state index in [1.54, 1.807) is 30.8 Å². The second-order valence-electron chi connectivity index (χ2n) is 4.68. The highest BCUT2D eigenvalue weighted by Gasteiger charge is 2.17. The average Bonchev–Trinajstić information content (AvgIpc) is 2.52. The average molecular weight is 323 g/mol. The Balaban J connectivity index is 2.42. The van der Waals surface area contributed by atoms with E-state index >= 15 is 0 Å². The van der Waals surface area contributed by atoms with Gasteiger partial charge < -0.3 is 10.1 Å². The number of likely N-dealkylation sites (N-methyl/N-ethyl adjacent to an activating group) is 1.